The summed E-state index contributed by atoms with van der Waals surface area (Å²) >= 11 is 0. The lowest BCUT2D eigenvalue weighted by Gasteiger charge is -2.27. The molecule has 2 heterocycles. The number of amides is 3. The van der Waals surface area contributed by atoms with Crippen LogP contribution in [-0.4, -0.2) is 37.8 Å². The van der Waals surface area contributed by atoms with Gasteiger partial charge < -0.3 is 15.2 Å². The van der Waals surface area contributed by atoms with Crippen molar-refractivity contribution in [3.8, 4) is 0 Å². The molecule has 9 heteroatoms. The Morgan fingerprint density at radius 1 is 1.36 bits per heavy atom. The van der Waals surface area contributed by atoms with Crippen LogP contribution in [0.3, 0.4) is 0 Å². The summed E-state index contributed by atoms with van der Waals surface area (Å²) in [7, 11) is 1.39. The molecule has 0 aliphatic carbocycles. The first-order valence-corrected chi connectivity index (χ1v) is 6.39. The smallest absolute Gasteiger partial charge is 0.415 e. The lowest BCUT2D eigenvalue weighted by molar-refractivity contribution is -0.124. The zero-order valence-corrected chi connectivity index (χ0v) is 11.5. The van der Waals surface area contributed by atoms with E-state index in [9.17, 15) is 18.8 Å². The van der Waals surface area contributed by atoms with Gasteiger partial charge in [0.15, 0.2) is 6.10 Å². The van der Waals surface area contributed by atoms with E-state index < -0.39 is 30.0 Å². The minimum Gasteiger partial charge on any atom is -0.444 e. The second-order valence-corrected chi connectivity index (χ2v) is 4.93. The summed E-state index contributed by atoms with van der Waals surface area (Å²) in [6.07, 6.45) is -2.52. The van der Waals surface area contributed by atoms with Crippen molar-refractivity contribution in [2.75, 3.05) is 23.4 Å². The number of rotatable bonds is 2. The van der Waals surface area contributed by atoms with Crippen LogP contribution in [0.5, 0.6) is 0 Å². The molecule has 0 spiro atoms. The first kappa shape index (κ1) is 14.1. The molecule has 0 unspecified atom stereocenters. The number of anilines is 2. The third kappa shape index (κ3) is 2.10. The molecule has 3 amide bonds. The van der Waals surface area contributed by atoms with Crippen LogP contribution in [0.4, 0.5) is 25.4 Å². The number of primary amides is 1. The predicted octanol–water partition coefficient (Wildman–Crippen LogP) is 0.723. The molecule has 1 aromatic rings. The average Bonchev–Trinajstić information content (AvgIpc) is 2.85. The number of hydrogen-bond acceptors (Lipinski definition) is 5. The van der Waals surface area contributed by atoms with E-state index in [1.807, 2.05) is 0 Å². The molecule has 116 valence electrons. The fraction of sp³-hybridized carbons (Fsp3) is 0.308. The van der Waals surface area contributed by atoms with E-state index in [2.05, 4.69) is 0 Å². The Kier molecular flexibility index (Phi) is 3.12. The molecular formula is C13H12FN3O5. The molecular weight excluding hydrogens is 297 g/mol. The SMILES string of the molecule is CN1C(=O)OCc2cc(N3C[C@H](C(N)=O)OC3=O)cc(F)c21. The Morgan fingerprint density at radius 3 is 2.73 bits per heavy atom. The summed E-state index contributed by atoms with van der Waals surface area (Å²) in [6.45, 7) is -0.201. The van der Waals surface area contributed by atoms with Crippen molar-refractivity contribution in [3.63, 3.8) is 0 Å². The van der Waals surface area contributed by atoms with Gasteiger partial charge in [-0.05, 0) is 12.1 Å². The second-order valence-electron chi connectivity index (χ2n) is 4.93. The number of carbonyl (C=O) groups is 3. The van der Waals surface area contributed by atoms with E-state index in [-0.39, 0.29) is 24.5 Å². The second kappa shape index (κ2) is 4.86. The quantitative estimate of drug-likeness (QED) is 0.867. The Morgan fingerprint density at radius 2 is 2.09 bits per heavy atom. The number of cyclic esters (lactones) is 2. The standard InChI is InChI=1S/C13H12FN3O5/c1-16-10-6(5-21-12(16)19)2-7(3-8(10)14)17-4-9(11(15)18)22-13(17)20/h2-3,9H,4-5H2,1H3,(H2,15,18)/t9-/m1/s1. The van der Waals surface area contributed by atoms with Crippen LogP contribution >= 0.6 is 0 Å². The van der Waals surface area contributed by atoms with Crippen molar-refractivity contribution in [1.82, 2.24) is 0 Å². The number of nitrogens with two attached hydrogens (primary N) is 1. The fourth-order valence-corrected chi connectivity index (χ4v) is 2.43. The number of carbonyl (C=O) groups excluding carboxylic acids is 3. The van der Waals surface area contributed by atoms with Gasteiger partial charge in [0.05, 0.1) is 17.9 Å². The molecule has 0 saturated carbocycles. The predicted molar refractivity (Wildman–Crippen MR) is 71.8 cm³/mol. The highest BCUT2D eigenvalue weighted by atomic mass is 19.1. The highest BCUT2D eigenvalue weighted by Crippen LogP contribution is 2.34. The monoisotopic (exact) mass is 309 g/mol. The third-order valence-corrected chi connectivity index (χ3v) is 3.53. The third-order valence-electron chi connectivity index (χ3n) is 3.53. The summed E-state index contributed by atoms with van der Waals surface area (Å²) in [6, 6.07) is 2.60. The van der Waals surface area contributed by atoms with E-state index in [0.29, 0.717) is 5.56 Å². The lowest BCUT2D eigenvalue weighted by atomic mass is 10.1. The Bertz CT molecular complexity index is 692. The van der Waals surface area contributed by atoms with E-state index >= 15 is 0 Å². The van der Waals surface area contributed by atoms with Gasteiger partial charge in [0.25, 0.3) is 5.91 Å². The number of ether oxygens (including phenoxy) is 2. The molecule has 2 N–H and O–H groups in total. The van der Waals surface area contributed by atoms with Crippen molar-refractivity contribution in [2.24, 2.45) is 5.73 Å². The lowest BCUT2D eigenvalue weighted by Crippen LogP contribution is -2.34. The molecule has 22 heavy (non-hydrogen) atoms. The van der Waals surface area contributed by atoms with Gasteiger partial charge in [-0.3, -0.25) is 14.6 Å². The number of hydrogen-bond donors (Lipinski definition) is 1. The van der Waals surface area contributed by atoms with Gasteiger partial charge in [-0.15, -0.1) is 0 Å². The summed E-state index contributed by atoms with van der Waals surface area (Å²) in [4.78, 5) is 36.4. The van der Waals surface area contributed by atoms with Gasteiger partial charge in [0.2, 0.25) is 0 Å². The number of halogens is 1. The summed E-state index contributed by atoms with van der Waals surface area (Å²) in [5, 5.41) is 0. The molecule has 2 aliphatic heterocycles. The zero-order valence-electron chi connectivity index (χ0n) is 11.5. The van der Waals surface area contributed by atoms with Gasteiger partial charge in [-0.2, -0.15) is 0 Å². The fourth-order valence-electron chi connectivity index (χ4n) is 2.43. The Labute approximate surface area is 124 Å². The van der Waals surface area contributed by atoms with E-state index in [0.717, 1.165) is 15.9 Å². The van der Waals surface area contributed by atoms with Crippen molar-refractivity contribution in [1.29, 1.82) is 0 Å². The highest BCUT2D eigenvalue weighted by molar-refractivity contribution is 5.96. The maximum atomic E-state index is 14.3. The minimum atomic E-state index is -1.08. The molecule has 0 bridgehead atoms. The van der Waals surface area contributed by atoms with E-state index in [4.69, 9.17) is 15.2 Å². The summed E-state index contributed by atoms with van der Waals surface area (Å²) < 4.78 is 24.0. The Hall–Kier alpha value is -2.84. The Balaban J connectivity index is 1.97. The summed E-state index contributed by atoms with van der Waals surface area (Å²) in [5.41, 5.74) is 5.80. The van der Waals surface area contributed by atoms with Crippen LogP contribution in [0.15, 0.2) is 12.1 Å². The van der Waals surface area contributed by atoms with Crippen LogP contribution in [0.1, 0.15) is 5.56 Å². The highest BCUT2D eigenvalue weighted by Gasteiger charge is 2.37. The molecule has 0 aromatic heterocycles. The maximum absolute atomic E-state index is 14.3. The number of benzene rings is 1. The van der Waals surface area contributed by atoms with Crippen LogP contribution in [0, 0.1) is 5.82 Å². The number of fused-ring (bicyclic) bond motifs is 1. The molecule has 3 rings (SSSR count). The van der Waals surface area contributed by atoms with Crippen LogP contribution in [0.2, 0.25) is 0 Å². The molecule has 8 nitrogen and oxygen atoms in total. The van der Waals surface area contributed by atoms with Gasteiger partial charge in [-0.25, -0.2) is 14.0 Å². The van der Waals surface area contributed by atoms with Gasteiger partial charge in [0, 0.05) is 12.6 Å². The first-order chi connectivity index (χ1) is 10.4. The molecule has 1 atom stereocenters. The molecule has 1 fully saturated rings. The maximum Gasteiger partial charge on any atom is 0.415 e. The van der Waals surface area contributed by atoms with Crippen LogP contribution in [0.25, 0.3) is 0 Å². The van der Waals surface area contributed by atoms with Crippen molar-refractivity contribution in [3.05, 3.63) is 23.5 Å². The minimum absolute atomic E-state index is 0.0952. The topological polar surface area (TPSA) is 102 Å². The van der Waals surface area contributed by atoms with E-state index in [1.54, 1.807) is 0 Å². The van der Waals surface area contributed by atoms with E-state index in [1.165, 1.54) is 13.1 Å². The molecule has 1 saturated heterocycles. The van der Waals surface area contributed by atoms with Crippen molar-refractivity contribution in [2.45, 2.75) is 12.7 Å². The molecule has 2 aliphatic rings. The van der Waals surface area contributed by atoms with Crippen molar-refractivity contribution >= 4 is 29.5 Å². The summed E-state index contributed by atoms with van der Waals surface area (Å²) in [5.74, 6) is -1.45. The normalized spacial score (nSPS) is 20.5. The molecule has 1 aromatic carbocycles. The van der Waals surface area contributed by atoms with Gasteiger partial charge in [0.1, 0.15) is 12.4 Å². The van der Waals surface area contributed by atoms with Crippen molar-refractivity contribution < 1.29 is 28.2 Å². The van der Waals surface area contributed by atoms with Gasteiger partial charge in [-0.1, -0.05) is 0 Å². The first-order valence-electron chi connectivity index (χ1n) is 6.39. The number of nitrogens with zero attached hydrogens (tertiary/aromatic N) is 2. The van der Waals surface area contributed by atoms with Crippen LogP contribution in [-0.2, 0) is 20.9 Å². The molecule has 0 radical (unpaired) electrons. The largest absolute Gasteiger partial charge is 0.444 e. The van der Waals surface area contributed by atoms with Crippen LogP contribution < -0.4 is 15.5 Å². The zero-order chi connectivity index (χ0) is 16.0. The average molecular weight is 309 g/mol. The van der Waals surface area contributed by atoms with Gasteiger partial charge >= 0.3 is 12.2 Å².